The van der Waals surface area contributed by atoms with Crippen LogP contribution in [-0.4, -0.2) is 31.7 Å². The Kier molecular flexibility index (Phi) is 3.29. The van der Waals surface area contributed by atoms with Crippen LogP contribution in [0.1, 0.15) is 12.8 Å². The topological polar surface area (TPSA) is 51.4 Å². The standard InChI is InChI=1S/C12H19N3O/c1-15(8-9-6-10(13)7-9)12-11(16-2)4-3-5-14-12/h3-5,9-10H,6-8,13H2,1-2H3. The van der Waals surface area contributed by atoms with Gasteiger partial charge in [-0.15, -0.1) is 0 Å². The van der Waals surface area contributed by atoms with Crippen LogP contribution in [0.3, 0.4) is 0 Å². The summed E-state index contributed by atoms with van der Waals surface area (Å²) in [6, 6.07) is 4.23. The maximum Gasteiger partial charge on any atom is 0.171 e. The quantitative estimate of drug-likeness (QED) is 0.831. The van der Waals surface area contributed by atoms with E-state index >= 15 is 0 Å². The van der Waals surface area contributed by atoms with Crippen LogP contribution in [0.4, 0.5) is 5.82 Å². The molecule has 4 nitrogen and oxygen atoms in total. The largest absolute Gasteiger partial charge is 0.493 e. The number of nitrogens with zero attached hydrogens (tertiary/aromatic N) is 2. The summed E-state index contributed by atoms with van der Waals surface area (Å²) in [6.07, 6.45) is 4.04. The molecular formula is C12H19N3O. The highest BCUT2D eigenvalue weighted by molar-refractivity contribution is 5.51. The molecule has 0 radical (unpaired) electrons. The molecular weight excluding hydrogens is 202 g/mol. The zero-order valence-electron chi connectivity index (χ0n) is 9.89. The van der Waals surface area contributed by atoms with Crippen LogP contribution < -0.4 is 15.4 Å². The van der Waals surface area contributed by atoms with Crippen molar-refractivity contribution in [1.82, 2.24) is 4.98 Å². The van der Waals surface area contributed by atoms with Gasteiger partial charge in [-0.3, -0.25) is 0 Å². The Balaban J connectivity index is 1.99. The summed E-state index contributed by atoms with van der Waals surface area (Å²) in [5.41, 5.74) is 5.78. The fourth-order valence-corrected chi connectivity index (χ4v) is 2.24. The fourth-order valence-electron chi connectivity index (χ4n) is 2.24. The smallest absolute Gasteiger partial charge is 0.171 e. The van der Waals surface area contributed by atoms with Gasteiger partial charge in [0.1, 0.15) is 0 Å². The zero-order chi connectivity index (χ0) is 11.5. The van der Waals surface area contributed by atoms with E-state index in [0.717, 1.165) is 31.0 Å². The molecule has 1 aromatic rings. The van der Waals surface area contributed by atoms with E-state index in [2.05, 4.69) is 16.9 Å². The van der Waals surface area contributed by atoms with Gasteiger partial charge in [-0.2, -0.15) is 0 Å². The SMILES string of the molecule is COc1cccnc1N(C)CC1CC(N)C1. The molecule has 1 heterocycles. The van der Waals surface area contributed by atoms with Crippen LogP contribution >= 0.6 is 0 Å². The van der Waals surface area contributed by atoms with E-state index < -0.39 is 0 Å². The van der Waals surface area contributed by atoms with Gasteiger partial charge in [0.05, 0.1) is 7.11 Å². The van der Waals surface area contributed by atoms with Crippen molar-refractivity contribution in [3.8, 4) is 5.75 Å². The van der Waals surface area contributed by atoms with Crippen molar-refractivity contribution in [2.45, 2.75) is 18.9 Å². The van der Waals surface area contributed by atoms with E-state index in [9.17, 15) is 0 Å². The average molecular weight is 221 g/mol. The Morgan fingerprint density at radius 1 is 1.56 bits per heavy atom. The predicted octanol–water partition coefficient (Wildman–Crippen LogP) is 1.26. The first-order valence-electron chi connectivity index (χ1n) is 5.66. The maximum atomic E-state index is 5.78. The van der Waals surface area contributed by atoms with Crippen LogP contribution in [0.25, 0.3) is 0 Å². The van der Waals surface area contributed by atoms with Gasteiger partial charge in [-0.1, -0.05) is 0 Å². The highest BCUT2D eigenvalue weighted by Gasteiger charge is 2.27. The van der Waals surface area contributed by atoms with E-state index in [1.165, 1.54) is 0 Å². The molecule has 0 aromatic carbocycles. The maximum absolute atomic E-state index is 5.78. The van der Waals surface area contributed by atoms with Crippen molar-refractivity contribution >= 4 is 5.82 Å². The minimum Gasteiger partial charge on any atom is -0.493 e. The van der Waals surface area contributed by atoms with Gasteiger partial charge in [0.25, 0.3) is 0 Å². The fraction of sp³-hybridized carbons (Fsp3) is 0.583. The number of hydrogen-bond acceptors (Lipinski definition) is 4. The lowest BCUT2D eigenvalue weighted by atomic mass is 9.80. The minimum atomic E-state index is 0.407. The van der Waals surface area contributed by atoms with E-state index in [-0.39, 0.29) is 0 Å². The summed E-state index contributed by atoms with van der Waals surface area (Å²) in [5.74, 6) is 2.44. The zero-order valence-corrected chi connectivity index (χ0v) is 9.89. The first-order chi connectivity index (χ1) is 7.70. The number of rotatable bonds is 4. The van der Waals surface area contributed by atoms with E-state index in [1.807, 2.05) is 12.1 Å². The van der Waals surface area contributed by atoms with Gasteiger partial charge < -0.3 is 15.4 Å². The highest BCUT2D eigenvalue weighted by atomic mass is 16.5. The second-order valence-electron chi connectivity index (χ2n) is 4.51. The third kappa shape index (κ3) is 2.27. The molecule has 0 bridgehead atoms. The lowest BCUT2D eigenvalue weighted by Crippen LogP contribution is -2.42. The van der Waals surface area contributed by atoms with Gasteiger partial charge in [-0.05, 0) is 30.9 Å². The first kappa shape index (κ1) is 11.2. The summed E-state index contributed by atoms with van der Waals surface area (Å²) >= 11 is 0. The summed E-state index contributed by atoms with van der Waals surface area (Å²) in [6.45, 7) is 1.00. The number of methoxy groups -OCH3 is 1. The molecule has 88 valence electrons. The van der Waals surface area contributed by atoms with E-state index in [4.69, 9.17) is 10.5 Å². The molecule has 1 aromatic heterocycles. The van der Waals surface area contributed by atoms with Crippen molar-refractivity contribution in [3.63, 3.8) is 0 Å². The Labute approximate surface area is 96.4 Å². The number of hydrogen-bond donors (Lipinski definition) is 1. The number of aromatic nitrogens is 1. The second kappa shape index (κ2) is 4.70. The molecule has 2 rings (SSSR count). The Morgan fingerprint density at radius 2 is 2.31 bits per heavy atom. The molecule has 0 amide bonds. The van der Waals surface area contributed by atoms with Crippen LogP contribution in [0, 0.1) is 5.92 Å². The molecule has 1 aliphatic carbocycles. The van der Waals surface area contributed by atoms with Crippen molar-refractivity contribution in [2.75, 3.05) is 25.6 Å². The number of nitrogens with two attached hydrogens (primary N) is 1. The lowest BCUT2D eigenvalue weighted by molar-refractivity contribution is 0.270. The van der Waals surface area contributed by atoms with Gasteiger partial charge in [-0.25, -0.2) is 4.98 Å². The predicted molar refractivity (Wildman–Crippen MR) is 64.8 cm³/mol. The van der Waals surface area contributed by atoms with Gasteiger partial charge in [0.15, 0.2) is 11.6 Å². The number of ether oxygens (including phenoxy) is 1. The van der Waals surface area contributed by atoms with E-state index in [1.54, 1.807) is 13.3 Å². The molecule has 0 atom stereocenters. The molecule has 16 heavy (non-hydrogen) atoms. The van der Waals surface area contributed by atoms with Crippen molar-refractivity contribution in [3.05, 3.63) is 18.3 Å². The minimum absolute atomic E-state index is 0.407. The van der Waals surface area contributed by atoms with Crippen molar-refractivity contribution < 1.29 is 4.74 Å². The molecule has 0 aliphatic heterocycles. The third-order valence-corrected chi connectivity index (χ3v) is 3.14. The summed E-state index contributed by atoms with van der Waals surface area (Å²) in [4.78, 5) is 6.50. The summed E-state index contributed by atoms with van der Waals surface area (Å²) in [7, 11) is 3.72. The Morgan fingerprint density at radius 3 is 2.94 bits per heavy atom. The van der Waals surface area contributed by atoms with E-state index in [0.29, 0.717) is 12.0 Å². The van der Waals surface area contributed by atoms with Crippen LogP contribution in [0.5, 0.6) is 5.75 Å². The monoisotopic (exact) mass is 221 g/mol. The molecule has 2 N–H and O–H groups in total. The molecule has 1 fully saturated rings. The molecule has 4 heteroatoms. The second-order valence-corrected chi connectivity index (χ2v) is 4.51. The molecule has 0 spiro atoms. The molecule has 0 saturated heterocycles. The summed E-state index contributed by atoms with van der Waals surface area (Å²) in [5, 5.41) is 0. The normalized spacial score (nSPS) is 23.7. The van der Waals surface area contributed by atoms with Gasteiger partial charge in [0.2, 0.25) is 0 Å². The first-order valence-corrected chi connectivity index (χ1v) is 5.66. The Hall–Kier alpha value is -1.29. The Bertz CT molecular complexity index is 350. The molecule has 1 aliphatic rings. The van der Waals surface area contributed by atoms with Crippen LogP contribution in [0.15, 0.2) is 18.3 Å². The van der Waals surface area contributed by atoms with Crippen molar-refractivity contribution in [1.29, 1.82) is 0 Å². The molecule has 0 unspecified atom stereocenters. The number of pyridine rings is 1. The van der Waals surface area contributed by atoms with Crippen LogP contribution in [-0.2, 0) is 0 Å². The highest BCUT2D eigenvalue weighted by Crippen LogP contribution is 2.30. The summed E-state index contributed by atoms with van der Waals surface area (Å²) < 4.78 is 5.29. The van der Waals surface area contributed by atoms with Gasteiger partial charge >= 0.3 is 0 Å². The molecule has 1 saturated carbocycles. The average Bonchev–Trinajstić information content (AvgIpc) is 2.27. The third-order valence-electron chi connectivity index (χ3n) is 3.14. The van der Waals surface area contributed by atoms with Crippen molar-refractivity contribution in [2.24, 2.45) is 11.7 Å². The lowest BCUT2D eigenvalue weighted by Gasteiger charge is -2.35. The number of anilines is 1. The van der Waals surface area contributed by atoms with Gasteiger partial charge in [0, 0.05) is 25.8 Å². The van der Waals surface area contributed by atoms with Crippen LogP contribution in [0.2, 0.25) is 0 Å².